The van der Waals surface area contributed by atoms with Crippen molar-refractivity contribution in [1.82, 2.24) is 15.1 Å². The third kappa shape index (κ3) is 2.97. The van der Waals surface area contributed by atoms with Crippen LogP contribution in [0.4, 0.5) is 0 Å². The normalized spacial score (nSPS) is 12.6. The first kappa shape index (κ1) is 14.0. The smallest absolute Gasteiger partial charge is 0.216 e. The highest BCUT2D eigenvalue weighted by atomic mass is 32.1. The molecule has 1 atom stereocenters. The Morgan fingerprint density at radius 1 is 1.58 bits per heavy atom. The topological polar surface area (TPSA) is 65.1 Å². The van der Waals surface area contributed by atoms with E-state index in [1.807, 2.05) is 14.0 Å². The zero-order valence-electron chi connectivity index (χ0n) is 11.5. The molecule has 0 fully saturated rings. The van der Waals surface area contributed by atoms with Gasteiger partial charge in [-0.2, -0.15) is 5.10 Å². The van der Waals surface area contributed by atoms with Crippen molar-refractivity contribution in [3.8, 4) is 5.88 Å². The predicted octanol–water partition coefficient (Wildman–Crippen LogP) is 1.59. The van der Waals surface area contributed by atoms with E-state index >= 15 is 0 Å². The lowest BCUT2D eigenvalue weighted by Gasteiger charge is -2.17. The summed E-state index contributed by atoms with van der Waals surface area (Å²) in [6.07, 6.45) is 0. The molecule has 0 bridgehead atoms. The molecule has 3 N–H and O–H groups in total. The summed E-state index contributed by atoms with van der Waals surface area (Å²) >= 11 is 1.73. The monoisotopic (exact) mass is 280 g/mol. The fraction of sp³-hybridized carbons (Fsp3) is 0.462. The van der Waals surface area contributed by atoms with Crippen LogP contribution < -0.4 is 15.8 Å². The van der Waals surface area contributed by atoms with Gasteiger partial charge in [0.1, 0.15) is 0 Å². The van der Waals surface area contributed by atoms with E-state index in [0.29, 0.717) is 6.54 Å². The number of aryl methyl sites for hydroxylation is 2. The van der Waals surface area contributed by atoms with Gasteiger partial charge in [0, 0.05) is 25.0 Å². The highest BCUT2D eigenvalue weighted by Gasteiger charge is 2.21. The van der Waals surface area contributed by atoms with E-state index in [1.165, 1.54) is 4.88 Å². The summed E-state index contributed by atoms with van der Waals surface area (Å²) in [4.78, 5) is 1.29. The number of nitrogens with one attached hydrogen (secondary N) is 1. The largest absolute Gasteiger partial charge is 0.481 e. The van der Waals surface area contributed by atoms with E-state index in [4.69, 9.17) is 10.5 Å². The maximum Gasteiger partial charge on any atom is 0.216 e. The third-order valence-electron chi connectivity index (χ3n) is 3.09. The van der Waals surface area contributed by atoms with Crippen LogP contribution in [0.15, 0.2) is 17.5 Å². The lowest BCUT2D eigenvalue weighted by atomic mass is 10.1. The number of hydrogen-bond acceptors (Lipinski definition) is 5. The third-order valence-corrected chi connectivity index (χ3v) is 3.97. The zero-order chi connectivity index (χ0) is 13.8. The molecule has 0 saturated carbocycles. The molecule has 2 aromatic rings. The Hall–Kier alpha value is -1.37. The Balaban J connectivity index is 2.17. The van der Waals surface area contributed by atoms with Gasteiger partial charge in [-0.15, -0.1) is 11.3 Å². The summed E-state index contributed by atoms with van der Waals surface area (Å²) in [5, 5.41) is 9.94. The highest BCUT2D eigenvalue weighted by molar-refractivity contribution is 7.09. The Kier molecular flexibility index (Phi) is 4.57. The van der Waals surface area contributed by atoms with Crippen molar-refractivity contribution in [2.75, 3.05) is 13.7 Å². The van der Waals surface area contributed by atoms with Crippen molar-refractivity contribution in [3.63, 3.8) is 0 Å². The Morgan fingerprint density at radius 3 is 2.95 bits per heavy atom. The van der Waals surface area contributed by atoms with Gasteiger partial charge in [0.05, 0.1) is 24.4 Å². The molecule has 5 nitrogen and oxygen atoms in total. The molecular weight excluding hydrogens is 260 g/mol. The van der Waals surface area contributed by atoms with Gasteiger partial charge >= 0.3 is 0 Å². The van der Waals surface area contributed by atoms with E-state index in [2.05, 4.69) is 27.9 Å². The number of nitrogens with zero attached hydrogens (tertiary/aromatic N) is 2. The minimum Gasteiger partial charge on any atom is -0.481 e. The van der Waals surface area contributed by atoms with Crippen LogP contribution in [0.1, 0.15) is 22.2 Å². The summed E-state index contributed by atoms with van der Waals surface area (Å²) in [6, 6.07) is 4.21. The summed E-state index contributed by atoms with van der Waals surface area (Å²) in [6.45, 7) is 3.29. The number of nitrogens with two attached hydrogens (primary N) is 1. The Morgan fingerprint density at radius 2 is 2.37 bits per heavy atom. The van der Waals surface area contributed by atoms with Crippen molar-refractivity contribution in [2.45, 2.75) is 19.5 Å². The van der Waals surface area contributed by atoms with Gasteiger partial charge < -0.3 is 15.8 Å². The molecule has 0 aliphatic carbocycles. The molecule has 104 valence electrons. The predicted molar refractivity (Wildman–Crippen MR) is 77.5 cm³/mol. The van der Waals surface area contributed by atoms with E-state index in [0.717, 1.165) is 23.7 Å². The SMILES string of the molecule is COc1c(C(CN)NCc2cccs2)c(C)nn1C. The number of rotatable bonds is 6. The van der Waals surface area contributed by atoms with Crippen LogP contribution in [-0.2, 0) is 13.6 Å². The van der Waals surface area contributed by atoms with E-state index in [9.17, 15) is 0 Å². The van der Waals surface area contributed by atoms with E-state index in [1.54, 1.807) is 23.1 Å². The fourth-order valence-electron chi connectivity index (χ4n) is 2.24. The van der Waals surface area contributed by atoms with Crippen molar-refractivity contribution in [3.05, 3.63) is 33.6 Å². The van der Waals surface area contributed by atoms with Crippen LogP contribution in [0.2, 0.25) is 0 Å². The standard InChI is InChI=1S/C13H20N4OS/c1-9-12(13(18-3)17(2)16-9)11(7-14)15-8-10-5-4-6-19-10/h4-6,11,15H,7-8,14H2,1-3H3. The van der Waals surface area contributed by atoms with Crippen LogP contribution >= 0.6 is 11.3 Å². The summed E-state index contributed by atoms with van der Waals surface area (Å²) in [7, 11) is 3.54. The molecule has 2 heterocycles. The number of ether oxygens (including phenoxy) is 1. The van der Waals surface area contributed by atoms with Crippen molar-refractivity contribution < 1.29 is 4.74 Å². The first-order valence-corrected chi connectivity index (χ1v) is 7.08. The van der Waals surface area contributed by atoms with Gasteiger partial charge in [-0.3, -0.25) is 0 Å². The first-order valence-electron chi connectivity index (χ1n) is 6.20. The molecule has 2 rings (SSSR count). The van der Waals surface area contributed by atoms with Crippen LogP contribution in [0, 0.1) is 6.92 Å². The second-order valence-corrected chi connectivity index (χ2v) is 5.41. The minimum atomic E-state index is 0.0470. The molecule has 0 amide bonds. The molecular formula is C13H20N4OS. The van der Waals surface area contributed by atoms with Crippen LogP contribution in [0.5, 0.6) is 5.88 Å². The summed E-state index contributed by atoms with van der Waals surface area (Å²) in [5.41, 5.74) is 7.89. The van der Waals surface area contributed by atoms with Gasteiger partial charge in [-0.05, 0) is 18.4 Å². The average molecular weight is 280 g/mol. The van der Waals surface area contributed by atoms with E-state index < -0.39 is 0 Å². The number of thiophene rings is 1. The number of methoxy groups -OCH3 is 1. The number of hydrogen-bond donors (Lipinski definition) is 2. The molecule has 0 aromatic carbocycles. The van der Waals surface area contributed by atoms with Crippen LogP contribution in [-0.4, -0.2) is 23.4 Å². The fourth-order valence-corrected chi connectivity index (χ4v) is 2.89. The van der Waals surface area contributed by atoms with Crippen molar-refractivity contribution >= 4 is 11.3 Å². The summed E-state index contributed by atoms with van der Waals surface area (Å²) < 4.78 is 7.17. The van der Waals surface area contributed by atoms with E-state index in [-0.39, 0.29) is 6.04 Å². The molecule has 0 saturated heterocycles. The second kappa shape index (κ2) is 6.18. The van der Waals surface area contributed by atoms with Gasteiger partial charge in [-0.1, -0.05) is 6.07 Å². The second-order valence-electron chi connectivity index (χ2n) is 4.38. The average Bonchev–Trinajstić information content (AvgIpc) is 2.99. The first-order chi connectivity index (χ1) is 9.17. The lowest BCUT2D eigenvalue weighted by Crippen LogP contribution is -2.28. The molecule has 0 aliphatic rings. The molecule has 0 radical (unpaired) electrons. The van der Waals surface area contributed by atoms with Crippen LogP contribution in [0.25, 0.3) is 0 Å². The van der Waals surface area contributed by atoms with Gasteiger partial charge in [0.25, 0.3) is 0 Å². The minimum absolute atomic E-state index is 0.0470. The van der Waals surface area contributed by atoms with Crippen LogP contribution in [0.3, 0.4) is 0 Å². The molecule has 0 aliphatic heterocycles. The molecule has 1 unspecified atom stereocenters. The van der Waals surface area contributed by atoms with Gasteiger partial charge in [0.2, 0.25) is 5.88 Å². The molecule has 2 aromatic heterocycles. The lowest BCUT2D eigenvalue weighted by molar-refractivity contribution is 0.362. The molecule has 0 spiro atoms. The molecule has 19 heavy (non-hydrogen) atoms. The quantitative estimate of drug-likeness (QED) is 0.843. The Bertz CT molecular complexity index is 521. The van der Waals surface area contributed by atoms with Gasteiger partial charge in [-0.25, -0.2) is 4.68 Å². The Labute approximate surface area is 117 Å². The molecule has 6 heteroatoms. The summed E-state index contributed by atoms with van der Waals surface area (Å²) in [5.74, 6) is 0.770. The van der Waals surface area contributed by atoms with Crippen molar-refractivity contribution in [2.24, 2.45) is 12.8 Å². The maximum atomic E-state index is 5.89. The maximum absolute atomic E-state index is 5.89. The highest BCUT2D eigenvalue weighted by Crippen LogP contribution is 2.27. The zero-order valence-corrected chi connectivity index (χ0v) is 12.3. The van der Waals surface area contributed by atoms with Crippen molar-refractivity contribution in [1.29, 1.82) is 0 Å². The number of aromatic nitrogens is 2. The van der Waals surface area contributed by atoms with Gasteiger partial charge in [0.15, 0.2) is 0 Å².